The SMILES string of the molecule is CCCCC1C(=O)NN(c2ccccc2)C1=O.CCOCC.CN1CCCC1=O.OCCO. The van der Waals surface area contributed by atoms with Gasteiger partial charge in [0.1, 0.15) is 5.92 Å². The van der Waals surface area contributed by atoms with Gasteiger partial charge in [0, 0.05) is 33.2 Å². The number of likely N-dealkylation sites (tertiary alicyclic amines) is 1. The van der Waals surface area contributed by atoms with Gasteiger partial charge in [-0.2, -0.15) is 0 Å². The highest BCUT2D eigenvalue weighted by Crippen LogP contribution is 2.22. The third-order valence-electron chi connectivity index (χ3n) is 4.74. The lowest BCUT2D eigenvalue weighted by Gasteiger charge is -2.14. The molecule has 0 radical (unpaired) electrons. The molecule has 1 unspecified atom stereocenters. The number of ether oxygens (including phenoxy) is 1. The molecule has 188 valence electrons. The number of carbonyl (C=O) groups is 3. The summed E-state index contributed by atoms with van der Waals surface area (Å²) in [6.07, 6.45) is 4.32. The molecule has 2 heterocycles. The molecule has 3 amide bonds. The van der Waals surface area contributed by atoms with Crippen molar-refractivity contribution >= 4 is 23.4 Å². The van der Waals surface area contributed by atoms with E-state index in [9.17, 15) is 14.4 Å². The van der Waals surface area contributed by atoms with Gasteiger partial charge in [-0.25, -0.2) is 5.01 Å². The molecule has 9 nitrogen and oxygen atoms in total. The van der Waals surface area contributed by atoms with Gasteiger partial charge in [0.25, 0.3) is 11.8 Å². The summed E-state index contributed by atoms with van der Waals surface area (Å²) in [5, 5.41) is 16.6. The molecule has 2 aliphatic rings. The van der Waals surface area contributed by atoms with Crippen molar-refractivity contribution in [3.8, 4) is 0 Å². The van der Waals surface area contributed by atoms with E-state index in [0.29, 0.717) is 18.0 Å². The van der Waals surface area contributed by atoms with Crippen molar-refractivity contribution in [1.29, 1.82) is 0 Å². The van der Waals surface area contributed by atoms with Crippen molar-refractivity contribution in [3.63, 3.8) is 0 Å². The van der Waals surface area contributed by atoms with Gasteiger partial charge in [-0.15, -0.1) is 0 Å². The number of nitrogens with zero attached hydrogens (tertiary/aromatic N) is 2. The molecular formula is C24H41N3O6. The van der Waals surface area contributed by atoms with Crippen LogP contribution in [-0.2, 0) is 19.1 Å². The average molecular weight is 468 g/mol. The molecule has 2 fully saturated rings. The fourth-order valence-corrected chi connectivity index (χ4v) is 2.93. The van der Waals surface area contributed by atoms with Crippen LogP contribution in [0.4, 0.5) is 5.69 Å². The molecule has 0 bridgehead atoms. The number of benzene rings is 1. The molecule has 9 heteroatoms. The Morgan fingerprint density at radius 2 is 1.64 bits per heavy atom. The molecule has 0 spiro atoms. The van der Waals surface area contributed by atoms with Crippen LogP contribution in [-0.4, -0.2) is 72.9 Å². The monoisotopic (exact) mass is 467 g/mol. The number of carbonyl (C=O) groups excluding carboxylic acids is 3. The number of aliphatic hydroxyl groups excluding tert-OH is 2. The normalized spacial score (nSPS) is 16.8. The first-order chi connectivity index (χ1) is 15.9. The Morgan fingerprint density at radius 3 is 2.00 bits per heavy atom. The molecule has 1 atom stereocenters. The van der Waals surface area contributed by atoms with Crippen LogP contribution in [0.15, 0.2) is 30.3 Å². The molecule has 0 aliphatic carbocycles. The van der Waals surface area contributed by atoms with Crippen LogP contribution in [0.3, 0.4) is 0 Å². The topological polar surface area (TPSA) is 119 Å². The van der Waals surface area contributed by atoms with Crippen molar-refractivity contribution < 1.29 is 29.3 Å². The first kappa shape index (κ1) is 30.5. The lowest BCUT2D eigenvalue weighted by atomic mass is 10.0. The number of unbranched alkanes of at least 4 members (excludes halogenated alkanes) is 1. The summed E-state index contributed by atoms with van der Waals surface area (Å²) in [5.74, 6) is -0.558. The van der Waals surface area contributed by atoms with E-state index in [2.05, 4.69) is 5.43 Å². The zero-order chi connectivity index (χ0) is 25.1. The first-order valence-electron chi connectivity index (χ1n) is 11.6. The predicted molar refractivity (Wildman–Crippen MR) is 128 cm³/mol. The van der Waals surface area contributed by atoms with Crippen molar-refractivity contribution in [1.82, 2.24) is 10.3 Å². The largest absolute Gasteiger partial charge is 0.394 e. The Labute approximate surface area is 197 Å². The van der Waals surface area contributed by atoms with Gasteiger partial charge < -0.3 is 19.8 Å². The quantitative estimate of drug-likeness (QED) is 0.529. The molecule has 0 aromatic heterocycles. The van der Waals surface area contributed by atoms with E-state index in [1.807, 2.05) is 46.0 Å². The number of anilines is 1. The van der Waals surface area contributed by atoms with Crippen molar-refractivity contribution in [2.24, 2.45) is 5.92 Å². The van der Waals surface area contributed by atoms with Gasteiger partial charge in [0.2, 0.25) is 5.91 Å². The molecule has 3 N–H and O–H groups in total. The van der Waals surface area contributed by atoms with Crippen LogP contribution < -0.4 is 10.4 Å². The molecule has 1 aromatic rings. The van der Waals surface area contributed by atoms with E-state index in [1.54, 1.807) is 17.0 Å². The number of nitrogens with one attached hydrogen (secondary N) is 1. The Balaban J connectivity index is 0.000000525. The lowest BCUT2D eigenvalue weighted by molar-refractivity contribution is -0.128. The summed E-state index contributed by atoms with van der Waals surface area (Å²) in [5.41, 5.74) is 3.34. The Bertz CT molecular complexity index is 667. The van der Waals surface area contributed by atoms with Gasteiger partial charge in [-0.1, -0.05) is 38.0 Å². The fraction of sp³-hybridized carbons (Fsp3) is 0.625. The highest BCUT2D eigenvalue weighted by molar-refractivity contribution is 6.14. The van der Waals surface area contributed by atoms with E-state index in [4.69, 9.17) is 14.9 Å². The van der Waals surface area contributed by atoms with Crippen molar-refractivity contribution in [3.05, 3.63) is 30.3 Å². The molecule has 3 rings (SSSR count). The van der Waals surface area contributed by atoms with Gasteiger partial charge in [-0.05, 0) is 38.8 Å². The summed E-state index contributed by atoms with van der Waals surface area (Å²) in [4.78, 5) is 36.0. The Hall–Kier alpha value is -2.49. The molecule has 2 saturated heterocycles. The summed E-state index contributed by atoms with van der Waals surface area (Å²) < 4.78 is 4.83. The molecule has 2 aliphatic heterocycles. The predicted octanol–water partition coefficient (Wildman–Crippen LogP) is 2.12. The summed E-state index contributed by atoms with van der Waals surface area (Å²) in [6.45, 7) is 8.42. The maximum Gasteiger partial charge on any atom is 0.258 e. The zero-order valence-corrected chi connectivity index (χ0v) is 20.5. The van der Waals surface area contributed by atoms with E-state index in [-0.39, 0.29) is 25.0 Å². The highest BCUT2D eigenvalue weighted by Gasteiger charge is 2.39. The second-order valence-electron chi connectivity index (χ2n) is 7.33. The van der Waals surface area contributed by atoms with Crippen LogP contribution >= 0.6 is 0 Å². The molecule has 33 heavy (non-hydrogen) atoms. The van der Waals surface area contributed by atoms with E-state index in [0.717, 1.165) is 45.4 Å². The number of amides is 3. The summed E-state index contributed by atoms with van der Waals surface area (Å²) in [7, 11) is 1.84. The van der Waals surface area contributed by atoms with E-state index < -0.39 is 5.92 Å². The number of hydrogen-bond acceptors (Lipinski definition) is 6. The minimum atomic E-state index is -0.518. The standard InChI is InChI=1S/C13H16N2O2.C5H9NO.C4H10O.C2H6O2/c1-2-3-9-11-12(16)14-15(13(11)17)10-7-5-4-6-8-10;1-6-4-2-3-5(6)7;1-3-5-4-2;3-1-2-4/h4-8,11H,2-3,9H2,1H3,(H,14,16);2-4H2,1H3;3-4H2,1-2H3;3-4H,1-2H2. The van der Waals surface area contributed by atoms with E-state index >= 15 is 0 Å². The van der Waals surface area contributed by atoms with Crippen LogP contribution in [0.1, 0.15) is 52.9 Å². The van der Waals surface area contributed by atoms with Crippen LogP contribution in [0.2, 0.25) is 0 Å². The van der Waals surface area contributed by atoms with Gasteiger partial charge in [-0.3, -0.25) is 19.8 Å². The number of hydrazine groups is 1. The lowest BCUT2D eigenvalue weighted by Crippen LogP contribution is -2.35. The number of rotatable bonds is 7. The van der Waals surface area contributed by atoms with Crippen LogP contribution in [0.5, 0.6) is 0 Å². The van der Waals surface area contributed by atoms with Gasteiger partial charge in [0.05, 0.1) is 18.9 Å². The fourth-order valence-electron chi connectivity index (χ4n) is 2.93. The van der Waals surface area contributed by atoms with Gasteiger partial charge >= 0.3 is 0 Å². The maximum absolute atomic E-state index is 12.1. The smallest absolute Gasteiger partial charge is 0.258 e. The van der Waals surface area contributed by atoms with Crippen LogP contribution in [0.25, 0.3) is 0 Å². The number of hydrogen-bond donors (Lipinski definition) is 3. The third kappa shape index (κ3) is 12.4. The summed E-state index contributed by atoms with van der Waals surface area (Å²) >= 11 is 0. The van der Waals surface area contributed by atoms with E-state index in [1.165, 1.54) is 5.01 Å². The third-order valence-corrected chi connectivity index (χ3v) is 4.74. The number of aliphatic hydroxyl groups is 2. The highest BCUT2D eigenvalue weighted by atomic mass is 16.5. The minimum Gasteiger partial charge on any atom is -0.394 e. The minimum absolute atomic E-state index is 0.125. The molecule has 0 saturated carbocycles. The van der Waals surface area contributed by atoms with Crippen molar-refractivity contribution in [2.45, 2.75) is 52.9 Å². The first-order valence-corrected chi connectivity index (χ1v) is 11.6. The maximum atomic E-state index is 12.1. The molecule has 1 aromatic carbocycles. The summed E-state index contributed by atoms with van der Waals surface area (Å²) in [6, 6.07) is 9.17. The number of para-hydroxylation sites is 1. The zero-order valence-electron chi connectivity index (χ0n) is 20.5. The van der Waals surface area contributed by atoms with Crippen LogP contribution in [0, 0.1) is 5.92 Å². The van der Waals surface area contributed by atoms with Gasteiger partial charge in [0.15, 0.2) is 0 Å². The average Bonchev–Trinajstić information content (AvgIpc) is 3.35. The Kier molecular flexibility index (Phi) is 17.6. The second-order valence-corrected chi connectivity index (χ2v) is 7.33. The Morgan fingerprint density at radius 1 is 1.03 bits per heavy atom. The van der Waals surface area contributed by atoms with Crippen molar-refractivity contribution in [2.75, 3.05) is 45.0 Å². The molecular weight excluding hydrogens is 426 g/mol. The second kappa shape index (κ2) is 19.0.